The zero-order valence-corrected chi connectivity index (χ0v) is 9.29. The van der Waals surface area contributed by atoms with Gasteiger partial charge in [-0.1, -0.05) is 0 Å². The summed E-state index contributed by atoms with van der Waals surface area (Å²) in [4.78, 5) is 8.29. The van der Waals surface area contributed by atoms with E-state index in [-0.39, 0.29) is 5.54 Å². The number of nitrogens with zero attached hydrogens (tertiary/aromatic N) is 2. The van der Waals surface area contributed by atoms with Crippen LogP contribution in [0, 0.1) is 0 Å². The lowest BCUT2D eigenvalue weighted by Gasteiger charge is -2.16. The molecule has 0 spiro atoms. The van der Waals surface area contributed by atoms with Gasteiger partial charge in [-0.05, 0) is 19.8 Å². The summed E-state index contributed by atoms with van der Waals surface area (Å²) in [5, 5.41) is 6.35. The van der Waals surface area contributed by atoms with Crippen molar-refractivity contribution in [2.24, 2.45) is 0 Å². The van der Waals surface area contributed by atoms with Gasteiger partial charge in [0, 0.05) is 12.6 Å². The molecule has 2 N–H and O–H groups in total. The van der Waals surface area contributed by atoms with Gasteiger partial charge in [0.25, 0.3) is 0 Å². The predicted molar refractivity (Wildman–Crippen MR) is 59.4 cm³/mol. The van der Waals surface area contributed by atoms with Crippen LogP contribution in [-0.2, 0) is 0 Å². The molecule has 0 saturated heterocycles. The monoisotopic (exact) mass is 208 g/mol. The molecule has 5 heteroatoms. The van der Waals surface area contributed by atoms with Gasteiger partial charge in [-0.3, -0.25) is 0 Å². The summed E-state index contributed by atoms with van der Waals surface area (Å²) in [5.74, 6) is 2.14. The van der Waals surface area contributed by atoms with Gasteiger partial charge in [0.1, 0.15) is 6.33 Å². The molecule has 0 amide bonds. The normalized spacial score (nSPS) is 17.0. The lowest BCUT2D eigenvalue weighted by molar-refractivity contribution is 0.414. The number of methoxy groups -OCH3 is 1. The maximum absolute atomic E-state index is 5.29. The highest BCUT2D eigenvalue weighted by Gasteiger charge is 2.38. The minimum Gasteiger partial charge on any atom is -0.490 e. The van der Waals surface area contributed by atoms with Gasteiger partial charge < -0.3 is 15.4 Å². The number of hydrogen-bond acceptors (Lipinski definition) is 5. The first-order valence-corrected chi connectivity index (χ1v) is 5.03. The van der Waals surface area contributed by atoms with Crippen LogP contribution in [0.25, 0.3) is 0 Å². The SMILES string of the molecule is CNc1ncnc(NC2(C)CC2)c1OC. The second-order valence-corrected chi connectivity index (χ2v) is 4.04. The lowest BCUT2D eigenvalue weighted by Crippen LogP contribution is -2.18. The fourth-order valence-electron chi connectivity index (χ4n) is 1.43. The van der Waals surface area contributed by atoms with Crippen LogP contribution in [-0.4, -0.2) is 29.7 Å². The molecule has 0 aliphatic heterocycles. The molecule has 0 bridgehead atoms. The van der Waals surface area contributed by atoms with Crippen LogP contribution >= 0.6 is 0 Å². The zero-order chi connectivity index (χ0) is 10.9. The van der Waals surface area contributed by atoms with Crippen molar-refractivity contribution < 1.29 is 4.74 Å². The Bertz CT molecular complexity index is 362. The van der Waals surface area contributed by atoms with E-state index in [9.17, 15) is 0 Å². The van der Waals surface area contributed by atoms with Gasteiger partial charge in [0.15, 0.2) is 11.6 Å². The number of aromatic nitrogens is 2. The number of hydrogen-bond donors (Lipinski definition) is 2. The van der Waals surface area contributed by atoms with Crippen molar-refractivity contribution in [3.8, 4) is 5.75 Å². The van der Waals surface area contributed by atoms with Crippen LogP contribution in [0.1, 0.15) is 19.8 Å². The molecule has 0 atom stereocenters. The third-order valence-electron chi connectivity index (χ3n) is 2.66. The van der Waals surface area contributed by atoms with Gasteiger partial charge in [0.2, 0.25) is 5.75 Å². The van der Waals surface area contributed by atoms with Crippen LogP contribution in [0.5, 0.6) is 5.75 Å². The molecule has 1 aliphatic carbocycles. The molecule has 0 unspecified atom stereocenters. The van der Waals surface area contributed by atoms with E-state index in [1.54, 1.807) is 7.11 Å². The highest BCUT2D eigenvalue weighted by molar-refractivity contribution is 5.64. The van der Waals surface area contributed by atoms with E-state index in [0.29, 0.717) is 11.6 Å². The van der Waals surface area contributed by atoms with Crippen molar-refractivity contribution in [1.29, 1.82) is 0 Å². The van der Waals surface area contributed by atoms with Crippen LogP contribution < -0.4 is 15.4 Å². The molecule has 2 rings (SSSR count). The quantitative estimate of drug-likeness (QED) is 0.785. The molecule has 82 valence electrons. The summed E-state index contributed by atoms with van der Waals surface area (Å²) in [6.07, 6.45) is 3.88. The molecule has 1 aromatic rings. The van der Waals surface area contributed by atoms with Crippen LogP contribution in [0.3, 0.4) is 0 Å². The fraction of sp³-hybridized carbons (Fsp3) is 0.600. The third-order valence-corrected chi connectivity index (χ3v) is 2.66. The Labute approximate surface area is 89.3 Å². The second-order valence-electron chi connectivity index (χ2n) is 4.04. The first-order chi connectivity index (χ1) is 7.18. The molecule has 0 aromatic carbocycles. The van der Waals surface area contributed by atoms with Crippen molar-refractivity contribution >= 4 is 11.6 Å². The average Bonchev–Trinajstić information content (AvgIpc) is 2.95. The standard InChI is InChI=1S/C10H16N4O/c1-10(4-5-10)14-9-7(15-3)8(11-2)12-6-13-9/h6H,4-5H2,1-3H3,(H2,11,12,13,14). The fourth-order valence-corrected chi connectivity index (χ4v) is 1.43. The Morgan fingerprint density at radius 2 is 2.00 bits per heavy atom. The molecular formula is C10H16N4O. The maximum Gasteiger partial charge on any atom is 0.204 e. The molecule has 1 aliphatic rings. The third kappa shape index (κ3) is 1.95. The molecule has 1 saturated carbocycles. The second kappa shape index (κ2) is 3.56. The van der Waals surface area contributed by atoms with Crippen LogP contribution in [0.4, 0.5) is 11.6 Å². The Morgan fingerprint density at radius 3 is 2.53 bits per heavy atom. The van der Waals surface area contributed by atoms with Gasteiger partial charge in [0.05, 0.1) is 7.11 Å². The van der Waals surface area contributed by atoms with Gasteiger partial charge in [-0.25, -0.2) is 9.97 Å². The smallest absolute Gasteiger partial charge is 0.204 e. The highest BCUT2D eigenvalue weighted by Crippen LogP contribution is 2.40. The highest BCUT2D eigenvalue weighted by atomic mass is 16.5. The molecule has 15 heavy (non-hydrogen) atoms. The summed E-state index contributed by atoms with van der Waals surface area (Å²) >= 11 is 0. The van der Waals surface area contributed by atoms with Crippen molar-refractivity contribution in [2.75, 3.05) is 24.8 Å². The Morgan fingerprint density at radius 1 is 1.33 bits per heavy atom. The molecule has 5 nitrogen and oxygen atoms in total. The summed E-state index contributed by atoms with van der Waals surface area (Å²) in [5.41, 5.74) is 0.187. The Balaban J connectivity index is 2.28. The van der Waals surface area contributed by atoms with Gasteiger partial charge in [-0.2, -0.15) is 0 Å². The number of anilines is 2. The van der Waals surface area contributed by atoms with E-state index in [1.807, 2.05) is 7.05 Å². The number of ether oxygens (including phenoxy) is 1. The van der Waals surface area contributed by atoms with Crippen molar-refractivity contribution in [3.63, 3.8) is 0 Å². The lowest BCUT2D eigenvalue weighted by atomic mass is 10.3. The molecular weight excluding hydrogens is 192 g/mol. The van der Waals surface area contributed by atoms with Crippen molar-refractivity contribution in [2.45, 2.75) is 25.3 Å². The summed E-state index contributed by atoms with van der Waals surface area (Å²) < 4.78 is 5.29. The average molecular weight is 208 g/mol. The molecule has 1 heterocycles. The van der Waals surface area contributed by atoms with E-state index >= 15 is 0 Å². The maximum atomic E-state index is 5.29. The molecule has 1 aromatic heterocycles. The van der Waals surface area contributed by atoms with E-state index in [4.69, 9.17) is 4.74 Å². The van der Waals surface area contributed by atoms with Gasteiger partial charge in [-0.15, -0.1) is 0 Å². The van der Waals surface area contributed by atoms with Crippen molar-refractivity contribution in [1.82, 2.24) is 9.97 Å². The topological polar surface area (TPSA) is 59.1 Å². The van der Waals surface area contributed by atoms with Crippen molar-refractivity contribution in [3.05, 3.63) is 6.33 Å². The molecule has 0 radical (unpaired) electrons. The number of nitrogens with one attached hydrogen (secondary N) is 2. The van der Waals surface area contributed by atoms with Crippen LogP contribution in [0.15, 0.2) is 6.33 Å². The van der Waals surface area contributed by atoms with Gasteiger partial charge >= 0.3 is 0 Å². The summed E-state index contributed by atoms with van der Waals surface area (Å²) in [6, 6.07) is 0. The summed E-state index contributed by atoms with van der Waals surface area (Å²) in [7, 11) is 3.44. The Kier molecular flexibility index (Phi) is 2.38. The predicted octanol–water partition coefficient (Wildman–Crippen LogP) is 1.49. The Hall–Kier alpha value is -1.52. The first kappa shape index (κ1) is 10.0. The minimum absolute atomic E-state index is 0.187. The summed E-state index contributed by atoms with van der Waals surface area (Å²) in [6.45, 7) is 2.17. The number of rotatable bonds is 4. The zero-order valence-electron chi connectivity index (χ0n) is 9.29. The van der Waals surface area contributed by atoms with E-state index in [1.165, 1.54) is 19.2 Å². The molecule has 1 fully saturated rings. The first-order valence-electron chi connectivity index (χ1n) is 5.03. The van der Waals surface area contributed by atoms with E-state index in [2.05, 4.69) is 27.5 Å². The van der Waals surface area contributed by atoms with Crippen LogP contribution in [0.2, 0.25) is 0 Å². The van der Waals surface area contributed by atoms with E-state index in [0.717, 1.165) is 5.82 Å². The van der Waals surface area contributed by atoms with E-state index < -0.39 is 0 Å². The minimum atomic E-state index is 0.187. The largest absolute Gasteiger partial charge is 0.490 e.